The first-order valence-corrected chi connectivity index (χ1v) is 8.77. The van der Waals surface area contributed by atoms with E-state index in [0.29, 0.717) is 18.4 Å². The molecule has 0 amide bonds. The quantitative estimate of drug-likeness (QED) is 0.664. The average molecular weight is 310 g/mol. The van der Waals surface area contributed by atoms with Crippen molar-refractivity contribution in [2.24, 2.45) is 17.3 Å². The number of carbonyl (C=O) groups is 1. The summed E-state index contributed by atoms with van der Waals surface area (Å²) in [6, 6.07) is 0. The standard InChI is InChI=1S/C19H34O3/c1-8-15(9-2)22-16-12-14(18(20)21-10-3)11-13(4)17(16)19(5,6)7/h12-13,15-17H,8-11H2,1-7H3/t13-,16+,17+/m0/s1. The molecule has 1 aliphatic carbocycles. The molecule has 0 aromatic carbocycles. The van der Waals surface area contributed by atoms with Crippen LogP contribution in [0.4, 0.5) is 0 Å². The van der Waals surface area contributed by atoms with Crippen LogP contribution in [0.5, 0.6) is 0 Å². The van der Waals surface area contributed by atoms with Gasteiger partial charge in [-0.3, -0.25) is 0 Å². The van der Waals surface area contributed by atoms with E-state index in [2.05, 4.69) is 41.5 Å². The Hall–Kier alpha value is -0.830. The second-order valence-electron chi connectivity index (χ2n) is 7.52. The van der Waals surface area contributed by atoms with Gasteiger partial charge in [-0.1, -0.05) is 41.5 Å². The van der Waals surface area contributed by atoms with Crippen LogP contribution in [0.2, 0.25) is 0 Å². The highest BCUT2D eigenvalue weighted by atomic mass is 16.5. The van der Waals surface area contributed by atoms with E-state index in [1.165, 1.54) is 0 Å². The molecule has 0 spiro atoms. The van der Waals surface area contributed by atoms with Crippen molar-refractivity contribution in [2.75, 3.05) is 6.61 Å². The van der Waals surface area contributed by atoms with Crippen molar-refractivity contribution in [3.63, 3.8) is 0 Å². The minimum atomic E-state index is -0.181. The number of rotatable bonds is 6. The Bertz CT molecular complexity index is 388. The summed E-state index contributed by atoms with van der Waals surface area (Å²) in [7, 11) is 0. The van der Waals surface area contributed by atoms with Crippen molar-refractivity contribution < 1.29 is 14.3 Å². The molecule has 0 aliphatic heterocycles. The Morgan fingerprint density at radius 2 is 1.86 bits per heavy atom. The van der Waals surface area contributed by atoms with Crippen LogP contribution in [-0.2, 0) is 14.3 Å². The summed E-state index contributed by atoms with van der Waals surface area (Å²) in [5.74, 6) is 0.634. The molecule has 0 aromatic heterocycles. The normalized spacial score (nSPS) is 26.0. The highest BCUT2D eigenvalue weighted by Crippen LogP contribution is 2.43. The number of ether oxygens (including phenoxy) is 2. The Morgan fingerprint density at radius 3 is 2.32 bits per heavy atom. The Balaban J connectivity index is 3.07. The molecule has 0 aromatic rings. The summed E-state index contributed by atoms with van der Waals surface area (Å²) in [5.41, 5.74) is 0.929. The van der Waals surface area contributed by atoms with E-state index in [-0.39, 0.29) is 23.6 Å². The zero-order chi connectivity index (χ0) is 16.9. The van der Waals surface area contributed by atoms with Gasteiger partial charge in [-0.25, -0.2) is 4.79 Å². The van der Waals surface area contributed by atoms with E-state index in [1.54, 1.807) is 0 Å². The Morgan fingerprint density at radius 1 is 1.27 bits per heavy atom. The molecule has 0 radical (unpaired) electrons. The fourth-order valence-electron chi connectivity index (χ4n) is 3.72. The lowest BCUT2D eigenvalue weighted by atomic mass is 9.66. The molecule has 0 unspecified atom stereocenters. The van der Waals surface area contributed by atoms with Crippen molar-refractivity contribution in [2.45, 2.75) is 79.9 Å². The van der Waals surface area contributed by atoms with Gasteiger partial charge in [0.25, 0.3) is 0 Å². The Kier molecular flexibility index (Phi) is 7.11. The fourth-order valence-corrected chi connectivity index (χ4v) is 3.72. The molecule has 0 heterocycles. The van der Waals surface area contributed by atoms with Gasteiger partial charge in [-0.05, 0) is 49.5 Å². The minimum Gasteiger partial charge on any atom is -0.463 e. The lowest BCUT2D eigenvalue weighted by molar-refractivity contribution is -0.140. The van der Waals surface area contributed by atoms with Gasteiger partial charge in [0, 0.05) is 5.57 Å². The molecular formula is C19H34O3. The first-order valence-electron chi connectivity index (χ1n) is 8.77. The molecule has 0 fully saturated rings. The molecule has 3 nitrogen and oxygen atoms in total. The third-order valence-corrected chi connectivity index (χ3v) is 4.67. The highest BCUT2D eigenvalue weighted by Gasteiger charge is 2.41. The molecule has 0 saturated carbocycles. The van der Waals surface area contributed by atoms with Gasteiger partial charge in [-0.2, -0.15) is 0 Å². The van der Waals surface area contributed by atoms with E-state index in [1.807, 2.05) is 13.0 Å². The van der Waals surface area contributed by atoms with Gasteiger partial charge >= 0.3 is 5.97 Å². The lowest BCUT2D eigenvalue weighted by Crippen LogP contribution is -2.42. The minimum absolute atomic E-state index is 0.00643. The van der Waals surface area contributed by atoms with Crippen LogP contribution in [0.15, 0.2) is 11.6 Å². The van der Waals surface area contributed by atoms with E-state index >= 15 is 0 Å². The maximum absolute atomic E-state index is 12.1. The third kappa shape index (κ3) is 4.84. The largest absolute Gasteiger partial charge is 0.463 e. The molecule has 1 aliphatic rings. The van der Waals surface area contributed by atoms with Gasteiger partial charge in [-0.15, -0.1) is 0 Å². The van der Waals surface area contributed by atoms with Crippen molar-refractivity contribution in [1.29, 1.82) is 0 Å². The Labute approximate surface area is 136 Å². The molecule has 0 saturated heterocycles. The second-order valence-corrected chi connectivity index (χ2v) is 7.52. The second kappa shape index (κ2) is 8.14. The summed E-state index contributed by atoms with van der Waals surface area (Å²) in [6.07, 6.45) is 5.06. The van der Waals surface area contributed by atoms with E-state index < -0.39 is 0 Å². The van der Waals surface area contributed by atoms with Crippen molar-refractivity contribution in [3.05, 3.63) is 11.6 Å². The molecule has 0 N–H and O–H groups in total. The molecule has 22 heavy (non-hydrogen) atoms. The van der Waals surface area contributed by atoms with Crippen LogP contribution in [0.3, 0.4) is 0 Å². The van der Waals surface area contributed by atoms with E-state index in [4.69, 9.17) is 9.47 Å². The maximum atomic E-state index is 12.1. The van der Waals surface area contributed by atoms with E-state index in [9.17, 15) is 4.79 Å². The van der Waals surface area contributed by atoms with Crippen LogP contribution in [0.1, 0.15) is 67.7 Å². The number of hydrogen-bond acceptors (Lipinski definition) is 3. The molecule has 0 bridgehead atoms. The van der Waals surface area contributed by atoms with Gasteiger partial charge in [0.2, 0.25) is 0 Å². The van der Waals surface area contributed by atoms with Crippen LogP contribution < -0.4 is 0 Å². The number of carbonyl (C=O) groups excluding carboxylic acids is 1. The topological polar surface area (TPSA) is 35.5 Å². The smallest absolute Gasteiger partial charge is 0.333 e. The number of esters is 1. The third-order valence-electron chi connectivity index (χ3n) is 4.67. The van der Waals surface area contributed by atoms with Crippen molar-refractivity contribution in [3.8, 4) is 0 Å². The van der Waals surface area contributed by atoms with Crippen LogP contribution >= 0.6 is 0 Å². The summed E-state index contributed by atoms with van der Waals surface area (Å²) < 4.78 is 11.6. The summed E-state index contributed by atoms with van der Waals surface area (Å²) in [6.45, 7) is 15.6. The zero-order valence-corrected chi connectivity index (χ0v) is 15.4. The maximum Gasteiger partial charge on any atom is 0.333 e. The monoisotopic (exact) mass is 310 g/mol. The van der Waals surface area contributed by atoms with Gasteiger partial charge in [0.05, 0.1) is 18.8 Å². The van der Waals surface area contributed by atoms with Crippen LogP contribution in [0, 0.1) is 17.3 Å². The van der Waals surface area contributed by atoms with Gasteiger partial charge in [0.1, 0.15) is 0 Å². The first-order chi connectivity index (χ1) is 10.2. The summed E-state index contributed by atoms with van der Waals surface area (Å²) >= 11 is 0. The number of hydrogen-bond donors (Lipinski definition) is 0. The zero-order valence-electron chi connectivity index (χ0n) is 15.4. The SMILES string of the molecule is CCOC(=O)C1=C[C@@H](OC(CC)CC)[C@H](C(C)(C)C)[C@@H](C)C1. The summed E-state index contributed by atoms with van der Waals surface area (Å²) in [5, 5.41) is 0. The lowest BCUT2D eigenvalue weighted by Gasteiger charge is -2.44. The van der Waals surface area contributed by atoms with E-state index in [0.717, 1.165) is 24.8 Å². The van der Waals surface area contributed by atoms with Gasteiger partial charge < -0.3 is 9.47 Å². The van der Waals surface area contributed by atoms with Crippen molar-refractivity contribution >= 4 is 5.97 Å². The summed E-state index contributed by atoms with van der Waals surface area (Å²) in [4.78, 5) is 12.1. The van der Waals surface area contributed by atoms with Gasteiger partial charge in [0.15, 0.2) is 0 Å². The first kappa shape index (κ1) is 19.2. The van der Waals surface area contributed by atoms with Crippen LogP contribution in [0.25, 0.3) is 0 Å². The van der Waals surface area contributed by atoms with Crippen LogP contribution in [-0.4, -0.2) is 24.8 Å². The molecule has 3 atom stereocenters. The molecule has 1 rings (SSSR count). The predicted molar refractivity (Wildman–Crippen MR) is 90.7 cm³/mol. The average Bonchev–Trinajstić information content (AvgIpc) is 2.42. The molecule has 3 heteroatoms. The highest BCUT2D eigenvalue weighted by molar-refractivity contribution is 5.88. The van der Waals surface area contributed by atoms with Crippen molar-refractivity contribution in [1.82, 2.24) is 0 Å². The predicted octanol–water partition coefficient (Wildman–Crippen LogP) is 4.75. The fraction of sp³-hybridized carbons (Fsp3) is 0.842. The molecular weight excluding hydrogens is 276 g/mol. The molecule has 128 valence electrons.